The first kappa shape index (κ1) is 17.9. The summed E-state index contributed by atoms with van der Waals surface area (Å²) in [5.74, 6) is 1.32. The van der Waals surface area contributed by atoms with Crippen molar-refractivity contribution in [1.29, 1.82) is 0 Å². The second kappa shape index (κ2) is 7.98. The van der Waals surface area contributed by atoms with Crippen LogP contribution < -0.4 is 14.8 Å². The predicted octanol–water partition coefficient (Wildman–Crippen LogP) is 4.57. The first-order valence-electron chi connectivity index (χ1n) is 8.20. The third kappa shape index (κ3) is 4.20. The Bertz CT molecular complexity index is 759. The largest absolute Gasteiger partial charge is 0.486 e. The molecule has 132 valence electrons. The van der Waals surface area contributed by atoms with Crippen LogP contribution in [0.3, 0.4) is 0 Å². The summed E-state index contributed by atoms with van der Waals surface area (Å²) in [7, 11) is 0. The molecule has 2 aromatic carbocycles. The molecule has 0 saturated carbocycles. The van der Waals surface area contributed by atoms with Crippen molar-refractivity contribution in [3.63, 3.8) is 0 Å². The first-order valence-corrected chi connectivity index (χ1v) is 8.96. The number of carbonyl (C=O) groups excluding carboxylic acids is 1. The Hall–Kier alpha value is -1.91. The molecule has 1 aliphatic heterocycles. The van der Waals surface area contributed by atoms with Crippen LogP contribution in [-0.4, -0.2) is 19.1 Å². The maximum Gasteiger partial charge on any atom is 0.225 e. The summed E-state index contributed by atoms with van der Waals surface area (Å²) in [5.41, 5.74) is 1.62. The van der Waals surface area contributed by atoms with Crippen LogP contribution in [0.25, 0.3) is 0 Å². The van der Waals surface area contributed by atoms with E-state index in [-0.39, 0.29) is 18.4 Å². The van der Waals surface area contributed by atoms with Gasteiger partial charge in [0.05, 0.1) is 12.5 Å². The third-order valence-electron chi connectivity index (χ3n) is 4.11. The number of halogens is 2. The minimum Gasteiger partial charge on any atom is -0.486 e. The Morgan fingerprint density at radius 3 is 2.48 bits per heavy atom. The lowest BCUT2D eigenvalue weighted by molar-refractivity contribution is -0.121. The fourth-order valence-corrected chi connectivity index (χ4v) is 3.34. The second-order valence-electron chi connectivity index (χ2n) is 5.81. The highest BCUT2D eigenvalue weighted by atomic mass is 35.5. The lowest BCUT2D eigenvalue weighted by Crippen LogP contribution is -2.29. The molecule has 1 aliphatic rings. The Morgan fingerprint density at radius 2 is 1.80 bits per heavy atom. The molecule has 1 heterocycles. The van der Waals surface area contributed by atoms with Crippen LogP contribution in [-0.2, 0) is 11.2 Å². The minimum absolute atomic E-state index is 0.121. The molecule has 2 aromatic rings. The van der Waals surface area contributed by atoms with Crippen molar-refractivity contribution in [2.24, 2.45) is 0 Å². The van der Waals surface area contributed by atoms with Crippen LogP contribution in [0, 0.1) is 0 Å². The zero-order valence-electron chi connectivity index (χ0n) is 13.9. The zero-order chi connectivity index (χ0) is 17.8. The number of carbonyl (C=O) groups is 1. The van der Waals surface area contributed by atoms with Crippen LogP contribution in [0.5, 0.6) is 11.5 Å². The SMILES string of the molecule is CCC(NC(=O)Cc1c(Cl)cccc1Cl)c1ccc2c(c1)OCCO2. The molecule has 0 aromatic heterocycles. The van der Waals surface area contributed by atoms with Gasteiger partial charge in [0.15, 0.2) is 11.5 Å². The van der Waals surface area contributed by atoms with E-state index in [4.69, 9.17) is 32.7 Å². The summed E-state index contributed by atoms with van der Waals surface area (Å²) < 4.78 is 11.2. The molecule has 0 spiro atoms. The molecule has 0 bridgehead atoms. The van der Waals surface area contributed by atoms with Gasteiger partial charge < -0.3 is 14.8 Å². The van der Waals surface area contributed by atoms with Crippen molar-refractivity contribution in [3.8, 4) is 11.5 Å². The highest BCUT2D eigenvalue weighted by Gasteiger charge is 2.19. The highest BCUT2D eigenvalue weighted by molar-refractivity contribution is 6.36. The Morgan fingerprint density at radius 1 is 1.12 bits per heavy atom. The van der Waals surface area contributed by atoms with E-state index in [1.165, 1.54) is 0 Å². The summed E-state index contributed by atoms with van der Waals surface area (Å²) in [6, 6.07) is 10.8. The van der Waals surface area contributed by atoms with E-state index in [2.05, 4.69) is 5.32 Å². The summed E-state index contributed by atoms with van der Waals surface area (Å²) in [6.07, 6.45) is 0.890. The fourth-order valence-electron chi connectivity index (χ4n) is 2.80. The van der Waals surface area contributed by atoms with E-state index in [9.17, 15) is 4.79 Å². The quantitative estimate of drug-likeness (QED) is 0.827. The summed E-state index contributed by atoms with van der Waals surface area (Å²) in [5, 5.41) is 4.03. The molecule has 6 heteroatoms. The van der Waals surface area contributed by atoms with Gasteiger partial charge in [-0.1, -0.05) is 42.3 Å². The number of nitrogens with one attached hydrogen (secondary N) is 1. The van der Waals surface area contributed by atoms with Gasteiger partial charge in [-0.15, -0.1) is 0 Å². The van der Waals surface area contributed by atoms with Crippen LogP contribution >= 0.6 is 23.2 Å². The topological polar surface area (TPSA) is 47.6 Å². The average Bonchev–Trinajstić information content (AvgIpc) is 2.62. The van der Waals surface area contributed by atoms with E-state index >= 15 is 0 Å². The van der Waals surface area contributed by atoms with Gasteiger partial charge in [0.2, 0.25) is 5.91 Å². The number of hydrogen-bond donors (Lipinski definition) is 1. The first-order chi connectivity index (χ1) is 12.1. The van der Waals surface area contributed by atoms with Crippen LogP contribution in [0.2, 0.25) is 10.0 Å². The van der Waals surface area contributed by atoms with Gasteiger partial charge in [-0.3, -0.25) is 4.79 Å². The summed E-state index contributed by atoms with van der Waals surface area (Å²) in [4.78, 5) is 12.5. The number of ether oxygens (including phenoxy) is 2. The number of fused-ring (bicyclic) bond motifs is 1. The third-order valence-corrected chi connectivity index (χ3v) is 4.82. The minimum atomic E-state index is -0.128. The standard InChI is InChI=1S/C19H19Cl2NO3/c1-2-16(12-6-7-17-18(10-12)25-9-8-24-17)22-19(23)11-13-14(20)4-3-5-15(13)21/h3-7,10,16H,2,8-9,11H2,1H3,(H,22,23). The van der Waals surface area contributed by atoms with E-state index in [1.54, 1.807) is 18.2 Å². The summed E-state index contributed by atoms with van der Waals surface area (Å²) in [6.45, 7) is 3.10. The lowest BCUT2D eigenvalue weighted by atomic mass is 10.0. The molecule has 1 atom stereocenters. The van der Waals surface area contributed by atoms with Gasteiger partial charge in [-0.05, 0) is 41.8 Å². The maximum atomic E-state index is 12.5. The molecule has 1 unspecified atom stereocenters. The Balaban J connectivity index is 1.72. The molecular formula is C19H19Cl2NO3. The Kier molecular flexibility index (Phi) is 5.71. The van der Waals surface area contributed by atoms with Crippen LogP contribution in [0.1, 0.15) is 30.5 Å². The molecule has 4 nitrogen and oxygen atoms in total. The average molecular weight is 380 g/mol. The van der Waals surface area contributed by atoms with Crippen molar-refractivity contribution in [3.05, 3.63) is 57.6 Å². The number of amides is 1. The molecule has 3 rings (SSSR count). The number of rotatable bonds is 5. The molecule has 1 N–H and O–H groups in total. The lowest BCUT2D eigenvalue weighted by Gasteiger charge is -2.22. The molecule has 1 amide bonds. The van der Waals surface area contributed by atoms with Gasteiger partial charge >= 0.3 is 0 Å². The van der Waals surface area contributed by atoms with Crippen LogP contribution in [0.4, 0.5) is 0 Å². The second-order valence-corrected chi connectivity index (χ2v) is 6.62. The van der Waals surface area contributed by atoms with E-state index in [0.717, 1.165) is 17.7 Å². The fraction of sp³-hybridized carbons (Fsp3) is 0.316. The van der Waals surface area contributed by atoms with E-state index in [1.807, 2.05) is 25.1 Å². The molecular weight excluding hydrogens is 361 g/mol. The van der Waals surface area contributed by atoms with Crippen molar-refractivity contribution in [1.82, 2.24) is 5.32 Å². The van der Waals surface area contributed by atoms with Crippen LogP contribution in [0.15, 0.2) is 36.4 Å². The van der Waals surface area contributed by atoms with Gasteiger partial charge in [0.1, 0.15) is 13.2 Å². The van der Waals surface area contributed by atoms with Gasteiger partial charge in [-0.25, -0.2) is 0 Å². The summed E-state index contributed by atoms with van der Waals surface area (Å²) >= 11 is 12.3. The molecule has 0 fully saturated rings. The number of hydrogen-bond acceptors (Lipinski definition) is 3. The molecule has 25 heavy (non-hydrogen) atoms. The van der Waals surface area contributed by atoms with Gasteiger partial charge in [0, 0.05) is 10.0 Å². The van der Waals surface area contributed by atoms with E-state index < -0.39 is 0 Å². The zero-order valence-corrected chi connectivity index (χ0v) is 15.4. The van der Waals surface area contributed by atoms with Gasteiger partial charge in [0.25, 0.3) is 0 Å². The Labute approximate surface area is 157 Å². The van der Waals surface area contributed by atoms with Crippen molar-refractivity contribution in [2.45, 2.75) is 25.8 Å². The molecule has 0 aliphatic carbocycles. The van der Waals surface area contributed by atoms with Gasteiger partial charge in [-0.2, -0.15) is 0 Å². The van der Waals surface area contributed by atoms with Crippen molar-refractivity contribution >= 4 is 29.1 Å². The highest BCUT2D eigenvalue weighted by Crippen LogP contribution is 2.33. The van der Waals surface area contributed by atoms with E-state index in [0.29, 0.717) is 34.6 Å². The van der Waals surface area contributed by atoms with Crippen molar-refractivity contribution < 1.29 is 14.3 Å². The molecule has 0 saturated heterocycles. The molecule has 0 radical (unpaired) electrons. The predicted molar refractivity (Wildman–Crippen MR) is 98.8 cm³/mol. The normalized spacial score (nSPS) is 14.0. The number of benzene rings is 2. The van der Waals surface area contributed by atoms with Crippen molar-refractivity contribution in [2.75, 3.05) is 13.2 Å². The maximum absolute atomic E-state index is 12.5. The smallest absolute Gasteiger partial charge is 0.225 e. The monoisotopic (exact) mass is 379 g/mol.